The van der Waals surface area contributed by atoms with Crippen molar-refractivity contribution >= 4 is 31.4 Å². The Morgan fingerprint density at radius 1 is 0.821 bits per heavy atom. The molecule has 8 nitrogen and oxygen atoms in total. The zero-order valence-electron chi connectivity index (χ0n) is 21.8. The Balaban J connectivity index is 1.86. The number of methoxy groups -OCH3 is 1. The Bertz CT molecular complexity index is 1750. The number of phenols is 1. The van der Waals surface area contributed by atoms with Gasteiger partial charge in [0.25, 0.3) is 10.0 Å². The number of sulfonamides is 1. The fourth-order valence-electron chi connectivity index (χ4n) is 3.96. The number of aryl methyl sites for hydroxylation is 2. The molecule has 0 aliphatic rings. The van der Waals surface area contributed by atoms with Crippen molar-refractivity contribution in [3.63, 3.8) is 0 Å². The number of amidine groups is 1. The van der Waals surface area contributed by atoms with Crippen LogP contribution in [0.2, 0.25) is 0 Å². The summed E-state index contributed by atoms with van der Waals surface area (Å²) in [7, 11) is -6.80. The van der Waals surface area contributed by atoms with Gasteiger partial charge in [0, 0.05) is 11.3 Å². The monoisotopic (exact) mass is 564 g/mol. The van der Waals surface area contributed by atoms with E-state index in [0.29, 0.717) is 11.3 Å². The zero-order chi connectivity index (χ0) is 28.4. The molecule has 0 saturated carbocycles. The lowest BCUT2D eigenvalue weighted by atomic mass is 10.1. The average molecular weight is 565 g/mol. The second kappa shape index (κ2) is 10.9. The van der Waals surface area contributed by atoms with Gasteiger partial charge in [-0.2, -0.15) is 8.42 Å². The van der Waals surface area contributed by atoms with E-state index in [2.05, 4.69) is 9.71 Å². The summed E-state index contributed by atoms with van der Waals surface area (Å²) < 4.78 is 62.9. The molecule has 0 aliphatic heterocycles. The van der Waals surface area contributed by atoms with Crippen LogP contribution in [-0.2, 0) is 19.9 Å². The third-order valence-electron chi connectivity index (χ3n) is 6.16. The van der Waals surface area contributed by atoms with E-state index in [-0.39, 0.29) is 43.1 Å². The molecular formula is C29H28N2O6S2. The second-order valence-corrected chi connectivity index (χ2v) is 12.4. The number of anilines is 1. The SMILES string of the molecule is COc1ccc(S(=O)(=O)c2c(C)c(NC(=NS(=O)(=O)c3ccc(C)cc3)c3ccccc3)cc(C)c2O)cc1. The standard InChI is InChI=1S/C29H28N2O6S2/c1-19-10-14-25(15-11-19)39(35,36)31-29(22-8-6-5-7-9-22)30-26-18-20(2)27(32)28(21(26)3)38(33,34)24-16-12-23(37-4)13-17-24/h5-18,32H,1-4H3,(H,30,31). The predicted molar refractivity (Wildman–Crippen MR) is 151 cm³/mol. The van der Waals surface area contributed by atoms with Gasteiger partial charge in [-0.1, -0.05) is 48.0 Å². The molecule has 0 saturated heterocycles. The number of nitrogens with one attached hydrogen (secondary N) is 1. The van der Waals surface area contributed by atoms with Gasteiger partial charge >= 0.3 is 0 Å². The van der Waals surface area contributed by atoms with E-state index in [9.17, 15) is 21.9 Å². The first-order chi connectivity index (χ1) is 18.4. The zero-order valence-corrected chi connectivity index (χ0v) is 23.5. The molecule has 4 aromatic carbocycles. The van der Waals surface area contributed by atoms with Crippen molar-refractivity contribution in [3.8, 4) is 11.5 Å². The third-order valence-corrected chi connectivity index (χ3v) is 9.38. The first-order valence-corrected chi connectivity index (χ1v) is 14.8. The van der Waals surface area contributed by atoms with Crippen LogP contribution in [0.15, 0.2) is 104 Å². The summed E-state index contributed by atoms with van der Waals surface area (Å²) in [6.45, 7) is 4.95. The van der Waals surface area contributed by atoms with Gasteiger partial charge in [-0.05, 0) is 74.4 Å². The summed E-state index contributed by atoms with van der Waals surface area (Å²) in [6, 6.07) is 22.3. The van der Waals surface area contributed by atoms with Gasteiger partial charge in [-0.15, -0.1) is 4.40 Å². The number of sulfone groups is 1. The molecule has 0 fully saturated rings. The van der Waals surface area contributed by atoms with Crippen molar-refractivity contribution in [2.24, 2.45) is 4.40 Å². The summed E-state index contributed by atoms with van der Waals surface area (Å²) in [6.07, 6.45) is 0. The molecule has 10 heteroatoms. The second-order valence-electron chi connectivity index (χ2n) is 8.94. The highest BCUT2D eigenvalue weighted by Gasteiger charge is 2.28. The molecule has 0 unspecified atom stereocenters. The molecule has 0 bridgehead atoms. The molecule has 2 N–H and O–H groups in total. The van der Waals surface area contributed by atoms with Crippen LogP contribution in [0.25, 0.3) is 0 Å². The molecule has 202 valence electrons. The summed E-state index contributed by atoms with van der Waals surface area (Å²) in [4.78, 5) is -0.300. The van der Waals surface area contributed by atoms with Gasteiger partial charge in [0.1, 0.15) is 16.4 Å². The van der Waals surface area contributed by atoms with E-state index in [1.807, 2.05) is 6.92 Å². The van der Waals surface area contributed by atoms with Crippen molar-refractivity contribution in [1.82, 2.24) is 0 Å². The van der Waals surface area contributed by atoms with Crippen LogP contribution in [0.4, 0.5) is 5.69 Å². The fraction of sp³-hybridized carbons (Fsp3) is 0.138. The van der Waals surface area contributed by atoms with Gasteiger partial charge < -0.3 is 15.2 Å². The largest absolute Gasteiger partial charge is 0.506 e. The number of rotatable bonds is 7. The molecule has 0 spiro atoms. The molecule has 0 amide bonds. The minimum absolute atomic E-state index is 0.00263. The van der Waals surface area contributed by atoms with E-state index < -0.39 is 19.9 Å². The normalized spacial score (nSPS) is 12.3. The van der Waals surface area contributed by atoms with E-state index in [1.54, 1.807) is 55.5 Å². The number of phenolic OH excluding ortho intramolecular Hbond substituents is 1. The maximum Gasteiger partial charge on any atom is 0.284 e. The molecule has 0 atom stereocenters. The summed E-state index contributed by atoms with van der Waals surface area (Å²) in [5.74, 6) is 0.0940. The summed E-state index contributed by atoms with van der Waals surface area (Å²) in [5, 5.41) is 13.9. The Labute approximate surface area is 228 Å². The Morgan fingerprint density at radius 2 is 1.41 bits per heavy atom. The Hall–Kier alpha value is -4.15. The number of hydrogen-bond acceptors (Lipinski definition) is 6. The molecule has 4 aromatic rings. The van der Waals surface area contributed by atoms with E-state index in [4.69, 9.17) is 4.74 Å². The van der Waals surface area contributed by atoms with E-state index >= 15 is 0 Å². The third kappa shape index (κ3) is 5.81. The topological polar surface area (TPSA) is 122 Å². The molecule has 39 heavy (non-hydrogen) atoms. The summed E-state index contributed by atoms with van der Waals surface area (Å²) in [5.41, 5.74) is 2.13. The van der Waals surface area contributed by atoms with Gasteiger partial charge in [0.15, 0.2) is 5.84 Å². The van der Waals surface area contributed by atoms with Crippen LogP contribution < -0.4 is 10.1 Å². The maximum atomic E-state index is 13.6. The number of ether oxygens (including phenoxy) is 1. The van der Waals surface area contributed by atoms with Gasteiger partial charge in [0.05, 0.1) is 16.9 Å². The predicted octanol–water partition coefficient (Wildman–Crippen LogP) is 5.41. The van der Waals surface area contributed by atoms with Crippen molar-refractivity contribution in [1.29, 1.82) is 0 Å². The molecule has 0 heterocycles. The van der Waals surface area contributed by atoms with Crippen LogP contribution in [0.3, 0.4) is 0 Å². The molecule has 4 rings (SSSR count). The number of nitrogens with zero attached hydrogens (tertiary/aromatic N) is 1. The minimum Gasteiger partial charge on any atom is -0.506 e. The van der Waals surface area contributed by atoms with Crippen LogP contribution in [0, 0.1) is 20.8 Å². The van der Waals surface area contributed by atoms with Crippen molar-refractivity contribution < 1.29 is 26.7 Å². The van der Waals surface area contributed by atoms with Crippen LogP contribution in [-0.4, -0.2) is 34.9 Å². The number of aromatic hydroxyl groups is 1. The molecule has 0 aromatic heterocycles. The molecule has 0 aliphatic carbocycles. The van der Waals surface area contributed by atoms with Crippen molar-refractivity contribution in [2.45, 2.75) is 35.5 Å². The Morgan fingerprint density at radius 3 is 2.00 bits per heavy atom. The Kier molecular flexibility index (Phi) is 7.80. The quantitative estimate of drug-likeness (QED) is 0.175. The lowest BCUT2D eigenvalue weighted by Gasteiger charge is -2.18. The highest BCUT2D eigenvalue weighted by molar-refractivity contribution is 7.91. The van der Waals surface area contributed by atoms with Gasteiger partial charge in [0.2, 0.25) is 9.84 Å². The lowest BCUT2D eigenvalue weighted by molar-refractivity contribution is 0.414. The first-order valence-electron chi connectivity index (χ1n) is 11.9. The highest BCUT2D eigenvalue weighted by atomic mass is 32.2. The van der Waals surface area contributed by atoms with Gasteiger partial charge in [-0.25, -0.2) is 8.42 Å². The maximum absolute atomic E-state index is 13.6. The van der Waals surface area contributed by atoms with Gasteiger partial charge in [-0.3, -0.25) is 0 Å². The summed E-state index contributed by atoms with van der Waals surface area (Å²) >= 11 is 0. The molecular weight excluding hydrogens is 536 g/mol. The van der Waals surface area contributed by atoms with Crippen LogP contribution in [0.1, 0.15) is 22.3 Å². The first kappa shape index (κ1) is 27.9. The van der Waals surface area contributed by atoms with Crippen molar-refractivity contribution in [2.75, 3.05) is 12.4 Å². The number of hydrogen-bond donors (Lipinski definition) is 2. The number of benzene rings is 4. The lowest BCUT2D eigenvalue weighted by Crippen LogP contribution is -2.18. The highest BCUT2D eigenvalue weighted by Crippen LogP contribution is 2.38. The average Bonchev–Trinajstić information content (AvgIpc) is 2.92. The smallest absolute Gasteiger partial charge is 0.284 e. The van der Waals surface area contributed by atoms with E-state index in [0.717, 1.165) is 5.56 Å². The fourth-order valence-corrected chi connectivity index (χ4v) is 6.59. The minimum atomic E-state index is -4.16. The van der Waals surface area contributed by atoms with E-state index in [1.165, 1.54) is 50.4 Å². The van der Waals surface area contributed by atoms with Crippen molar-refractivity contribution in [3.05, 3.63) is 107 Å². The van der Waals surface area contributed by atoms with Crippen LogP contribution in [0.5, 0.6) is 11.5 Å². The molecule has 0 radical (unpaired) electrons. The van der Waals surface area contributed by atoms with Crippen LogP contribution >= 0.6 is 0 Å².